The Labute approximate surface area is 122 Å². The molecule has 21 heavy (non-hydrogen) atoms. The summed E-state index contributed by atoms with van der Waals surface area (Å²) in [7, 11) is 1.46. The first-order valence-corrected chi connectivity index (χ1v) is 6.52. The van der Waals surface area contributed by atoms with Crippen LogP contribution in [0.1, 0.15) is 19.8 Å². The van der Waals surface area contributed by atoms with E-state index in [1.54, 1.807) is 0 Å². The van der Waals surface area contributed by atoms with E-state index in [4.69, 9.17) is 4.74 Å². The van der Waals surface area contributed by atoms with Crippen LogP contribution in [-0.4, -0.2) is 25.2 Å². The van der Waals surface area contributed by atoms with Crippen molar-refractivity contribution < 1.29 is 22.7 Å². The fraction of sp³-hybridized carbons (Fsp3) is 0.400. The molecule has 3 nitrogen and oxygen atoms in total. The summed E-state index contributed by atoms with van der Waals surface area (Å²) in [6.07, 6.45) is -2.54. The summed E-state index contributed by atoms with van der Waals surface area (Å²) in [5.74, 6) is -1.39. The van der Waals surface area contributed by atoms with Gasteiger partial charge in [-0.3, -0.25) is 9.69 Å². The van der Waals surface area contributed by atoms with E-state index in [0.717, 1.165) is 4.90 Å². The average molecular weight is 301 g/mol. The van der Waals surface area contributed by atoms with Gasteiger partial charge in [-0.25, -0.2) is 0 Å². The summed E-state index contributed by atoms with van der Waals surface area (Å²) < 4.78 is 43.4. The molecule has 1 aromatic rings. The molecule has 6 heteroatoms. The Kier molecular flexibility index (Phi) is 5.81. The number of nitrogens with zero attached hydrogens (tertiary/aromatic N) is 1. The molecular weight excluding hydrogens is 283 g/mol. The predicted molar refractivity (Wildman–Crippen MR) is 75.4 cm³/mol. The smallest absolute Gasteiger partial charge is 0.471 e. The quantitative estimate of drug-likeness (QED) is 0.745. The lowest BCUT2D eigenvalue weighted by atomic mass is 10.1. The van der Waals surface area contributed by atoms with Gasteiger partial charge in [0.2, 0.25) is 0 Å². The Morgan fingerprint density at radius 1 is 1.38 bits per heavy atom. The monoisotopic (exact) mass is 301 g/mol. The van der Waals surface area contributed by atoms with Gasteiger partial charge in [0, 0.05) is 5.69 Å². The summed E-state index contributed by atoms with van der Waals surface area (Å²) in [6, 6.07) is 5.16. The Hall–Kier alpha value is -1.98. The van der Waals surface area contributed by atoms with Crippen LogP contribution < -0.4 is 9.64 Å². The zero-order valence-electron chi connectivity index (χ0n) is 12.0. The van der Waals surface area contributed by atoms with Gasteiger partial charge in [-0.15, -0.1) is 6.58 Å². The molecule has 0 aliphatic carbocycles. The molecule has 0 heterocycles. The lowest BCUT2D eigenvalue weighted by molar-refractivity contribution is -0.170. The first-order valence-electron chi connectivity index (χ1n) is 6.52. The second-order valence-corrected chi connectivity index (χ2v) is 4.46. The molecule has 1 rings (SSSR count). The molecule has 116 valence electrons. The van der Waals surface area contributed by atoms with Gasteiger partial charge in [0.05, 0.1) is 13.2 Å². The first kappa shape index (κ1) is 17.1. The number of benzene rings is 1. The van der Waals surface area contributed by atoms with Crippen LogP contribution in [0.15, 0.2) is 36.9 Å². The van der Waals surface area contributed by atoms with Crippen molar-refractivity contribution >= 4 is 11.6 Å². The second kappa shape index (κ2) is 7.15. The van der Waals surface area contributed by atoms with Crippen molar-refractivity contribution in [1.29, 1.82) is 0 Å². The number of halogens is 3. The Morgan fingerprint density at radius 3 is 2.33 bits per heavy atom. The van der Waals surface area contributed by atoms with Crippen molar-refractivity contribution in [3.05, 3.63) is 36.9 Å². The zero-order valence-corrected chi connectivity index (χ0v) is 12.0. The number of alkyl halides is 3. The van der Waals surface area contributed by atoms with Gasteiger partial charge in [-0.05, 0) is 30.7 Å². The summed E-state index contributed by atoms with van der Waals surface area (Å²) in [5.41, 5.74) is 0.163. The van der Waals surface area contributed by atoms with Gasteiger partial charge < -0.3 is 4.74 Å². The maximum atomic E-state index is 12.8. The second-order valence-electron chi connectivity index (χ2n) is 4.46. The van der Waals surface area contributed by atoms with Crippen LogP contribution in [0.3, 0.4) is 0 Å². The predicted octanol–water partition coefficient (Wildman–Crippen LogP) is 3.95. The molecule has 0 aromatic heterocycles. The van der Waals surface area contributed by atoms with Gasteiger partial charge in [0.1, 0.15) is 5.75 Å². The summed E-state index contributed by atoms with van der Waals surface area (Å²) in [5, 5.41) is 0. The third-order valence-electron chi connectivity index (χ3n) is 3.00. The largest absolute Gasteiger partial charge is 0.497 e. The van der Waals surface area contributed by atoms with Crippen LogP contribution in [-0.2, 0) is 4.79 Å². The number of hydrogen-bond acceptors (Lipinski definition) is 2. The molecule has 1 aromatic carbocycles. The van der Waals surface area contributed by atoms with E-state index in [-0.39, 0.29) is 5.69 Å². The standard InChI is InChI=1S/C15H18F3NO2/c1-4-6-11(5-2)19(14(20)15(16,17)18)12-7-9-13(21-3)10-8-12/h5,7-11H,2,4,6H2,1,3H3/t11-/m0/s1. The summed E-state index contributed by atoms with van der Waals surface area (Å²) in [4.78, 5) is 12.4. The number of amides is 1. The molecule has 0 saturated heterocycles. The summed E-state index contributed by atoms with van der Waals surface area (Å²) >= 11 is 0. The number of carbonyl (C=O) groups is 1. The van der Waals surface area contributed by atoms with Gasteiger partial charge in [-0.2, -0.15) is 13.2 Å². The molecule has 0 aliphatic rings. The molecule has 1 atom stereocenters. The molecule has 0 aliphatic heterocycles. The van der Waals surface area contributed by atoms with Crippen molar-refractivity contribution in [2.75, 3.05) is 12.0 Å². The van der Waals surface area contributed by atoms with E-state index in [1.165, 1.54) is 37.5 Å². The number of ether oxygens (including phenoxy) is 1. The van der Waals surface area contributed by atoms with E-state index >= 15 is 0 Å². The highest BCUT2D eigenvalue weighted by Gasteiger charge is 2.44. The normalized spacial score (nSPS) is 12.6. The van der Waals surface area contributed by atoms with Crippen LogP contribution in [0, 0.1) is 0 Å². The van der Waals surface area contributed by atoms with Crippen LogP contribution in [0.25, 0.3) is 0 Å². The van der Waals surface area contributed by atoms with Gasteiger partial charge in [0.15, 0.2) is 0 Å². The minimum atomic E-state index is -4.94. The number of carbonyl (C=O) groups excluding carboxylic acids is 1. The molecule has 0 fully saturated rings. The van der Waals surface area contributed by atoms with Gasteiger partial charge in [-0.1, -0.05) is 19.4 Å². The van der Waals surface area contributed by atoms with E-state index in [0.29, 0.717) is 18.6 Å². The van der Waals surface area contributed by atoms with Crippen LogP contribution in [0.4, 0.5) is 18.9 Å². The van der Waals surface area contributed by atoms with E-state index in [2.05, 4.69) is 6.58 Å². The van der Waals surface area contributed by atoms with Crippen molar-refractivity contribution in [2.45, 2.75) is 32.0 Å². The highest BCUT2D eigenvalue weighted by molar-refractivity contribution is 5.98. The topological polar surface area (TPSA) is 29.5 Å². The number of methoxy groups -OCH3 is 1. The van der Waals surface area contributed by atoms with Crippen LogP contribution in [0.2, 0.25) is 0 Å². The Morgan fingerprint density at radius 2 is 1.95 bits per heavy atom. The first-order chi connectivity index (χ1) is 9.85. The van der Waals surface area contributed by atoms with E-state index in [1.807, 2.05) is 6.92 Å². The number of anilines is 1. The maximum absolute atomic E-state index is 12.8. The maximum Gasteiger partial charge on any atom is 0.471 e. The van der Waals surface area contributed by atoms with Gasteiger partial charge in [0.25, 0.3) is 0 Å². The molecule has 0 radical (unpaired) electrons. The lowest BCUT2D eigenvalue weighted by Gasteiger charge is -2.30. The Bertz CT molecular complexity index is 483. The van der Waals surface area contributed by atoms with Gasteiger partial charge >= 0.3 is 12.1 Å². The molecule has 1 amide bonds. The van der Waals surface area contributed by atoms with E-state index < -0.39 is 18.1 Å². The molecule has 0 spiro atoms. The van der Waals surface area contributed by atoms with Crippen molar-refractivity contribution in [2.24, 2.45) is 0 Å². The van der Waals surface area contributed by atoms with Crippen molar-refractivity contribution in [3.63, 3.8) is 0 Å². The Balaban J connectivity index is 3.22. The third-order valence-corrected chi connectivity index (χ3v) is 3.00. The minimum Gasteiger partial charge on any atom is -0.497 e. The minimum absolute atomic E-state index is 0.163. The molecule has 0 N–H and O–H groups in total. The van der Waals surface area contributed by atoms with Crippen LogP contribution >= 0.6 is 0 Å². The fourth-order valence-electron chi connectivity index (χ4n) is 1.99. The highest BCUT2D eigenvalue weighted by atomic mass is 19.4. The number of rotatable bonds is 6. The molecule has 0 saturated carbocycles. The van der Waals surface area contributed by atoms with E-state index in [9.17, 15) is 18.0 Å². The summed E-state index contributed by atoms with van der Waals surface area (Å²) in [6.45, 7) is 5.37. The zero-order chi connectivity index (χ0) is 16.0. The average Bonchev–Trinajstić information content (AvgIpc) is 2.46. The molecule has 0 bridgehead atoms. The fourth-order valence-corrected chi connectivity index (χ4v) is 1.99. The lowest BCUT2D eigenvalue weighted by Crippen LogP contribution is -2.46. The SMILES string of the molecule is C=C[C@@H](CCC)N(C(=O)C(F)(F)F)c1ccc(OC)cc1. The van der Waals surface area contributed by atoms with Crippen molar-refractivity contribution in [3.8, 4) is 5.75 Å². The van der Waals surface area contributed by atoms with Crippen molar-refractivity contribution in [1.82, 2.24) is 0 Å². The highest BCUT2D eigenvalue weighted by Crippen LogP contribution is 2.28. The molecule has 0 unspecified atom stereocenters. The number of hydrogen-bond donors (Lipinski definition) is 0. The third kappa shape index (κ3) is 4.24. The van der Waals surface area contributed by atoms with Crippen LogP contribution in [0.5, 0.6) is 5.75 Å². The molecular formula is C15H18F3NO2.